The standard InChI is InChI=1S/C10H17F3N2O4/c1-19-5-4-15-8(16)2-3-14-6-7(9(17)18)10(11,12)13/h7,14H,2-6H2,1H3,(H,15,16)(H,17,18). The molecule has 0 fully saturated rings. The lowest BCUT2D eigenvalue weighted by Gasteiger charge is -2.16. The first-order chi connectivity index (χ1) is 8.79. The van der Waals surface area contributed by atoms with Gasteiger partial charge in [-0.1, -0.05) is 0 Å². The number of methoxy groups -OCH3 is 1. The molecule has 6 nitrogen and oxygen atoms in total. The average Bonchev–Trinajstić information content (AvgIpc) is 2.26. The van der Waals surface area contributed by atoms with Crippen LogP contribution < -0.4 is 10.6 Å². The lowest BCUT2D eigenvalue weighted by Crippen LogP contribution is -2.40. The van der Waals surface area contributed by atoms with Gasteiger partial charge in [0.2, 0.25) is 5.91 Å². The molecule has 0 aliphatic rings. The van der Waals surface area contributed by atoms with Gasteiger partial charge >= 0.3 is 12.1 Å². The maximum atomic E-state index is 12.2. The molecule has 0 aromatic carbocycles. The van der Waals surface area contributed by atoms with Crippen LogP contribution in [0.5, 0.6) is 0 Å². The van der Waals surface area contributed by atoms with Gasteiger partial charge in [0, 0.05) is 33.2 Å². The van der Waals surface area contributed by atoms with Crippen molar-refractivity contribution in [3.05, 3.63) is 0 Å². The van der Waals surface area contributed by atoms with Crippen molar-refractivity contribution in [3.8, 4) is 0 Å². The lowest BCUT2D eigenvalue weighted by atomic mass is 10.1. The van der Waals surface area contributed by atoms with E-state index in [1.807, 2.05) is 0 Å². The topological polar surface area (TPSA) is 87.7 Å². The summed E-state index contributed by atoms with van der Waals surface area (Å²) < 4.78 is 41.4. The molecule has 0 aliphatic heterocycles. The number of carboxylic acids is 1. The highest BCUT2D eigenvalue weighted by Crippen LogP contribution is 2.25. The van der Waals surface area contributed by atoms with Crippen LogP contribution in [0.25, 0.3) is 0 Å². The van der Waals surface area contributed by atoms with Gasteiger partial charge in [0.25, 0.3) is 0 Å². The maximum Gasteiger partial charge on any atom is 0.403 e. The third kappa shape index (κ3) is 8.38. The number of nitrogens with one attached hydrogen (secondary N) is 2. The number of ether oxygens (including phenoxy) is 1. The monoisotopic (exact) mass is 286 g/mol. The molecule has 0 saturated heterocycles. The molecule has 19 heavy (non-hydrogen) atoms. The van der Waals surface area contributed by atoms with Gasteiger partial charge in [-0.3, -0.25) is 9.59 Å². The van der Waals surface area contributed by atoms with Crippen molar-refractivity contribution in [2.24, 2.45) is 5.92 Å². The van der Waals surface area contributed by atoms with Crippen molar-refractivity contribution < 1.29 is 32.6 Å². The molecule has 112 valence electrons. The second-order valence-electron chi connectivity index (χ2n) is 3.73. The Kier molecular flexibility index (Phi) is 8.08. The summed E-state index contributed by atoms with van der Waals surface area (Å²) in [5.41, 5.74) is 0. The van der Waals surface area contributed by atoms with Crippen molar-refractivity contribution in [2.75, 3.05) is 33.4 Å². The van der Waals surface area contributed by atoms with Gasteiger partial charge < -0.3 is 20.5 Å². The van der Waals surface area contributed by atoms with E-state index in [1.165, 1.54) is 7.11 Å². The van der Waals surface area contributed by atoms with Crippen LogP contribution in [0, 0.1) is 5.92 Å². The Balaban J connectivity index is 3.83. The van der Waals surface area contributed by atoms with Crippen molar-refractivity contribution in [1.29, 1.82) is 0 Å². The van der Waals surface area contributed by atoms with Crippen LogP contribution in [0.1, 0.15) is 6.42 Å². The Morgan fingerprint density at radius 3 is 2.42 bits per heavy atom. The number of amides is 1. The first kappa shape index (κ1) is 17.6. The molecule has 0 spiro atoms. The molecule has 0 saturated carbocycles. The molecule has 0 rings (SSSR count). The van der Waals surface area contributed by atoms with Gasteiger partial charge in [-0.25, -0.2) is 0 Å². The highest BCUT2D eigenvalue weighted by atomic mass is 19.4. The van der Waals surface area contributed by atoms with E-state index in [-0.39, 0.29) is 18.9 Å². The van der Waals surface area contributed by atoms with Crippen LogP contribution in [0.2, 0.25) is 0 Å². The number of carbonyl (C=O) groups excluding carboxylic acids is 1. The minimum absolute atomic E-state index is 0.0291. The van der Waals surface area contributed by atoms with Gasteiger partial charge in [-0.15, -0.1) is 0 Å². The number of aliphatic carboxylic acids is 1. The summed E-state index contributed by atoms with van der Waals surface area (Å²) >= 11 is 0. The Morgan fingerprint density at radius 2 is 1.95 bits per heavy atom. The van der Waals surface area contributed by atoms with Gasteiger partial charge in [0.1, 0.15) is 0 Å². The summed E-state index contributed by atoms with van der Waals surface area (Å²) in [5, 5.41) is 13.2. The molecular formula is C10H17F3N2O4. The Labute approximate surface area is 108 Å². The van der Waals surface area contributed by atoms with E-state index in [2.05, 4.69) is 10.6 Å². The minimum Gasteiger partial charge on any atom is -0.481 e. The summed E-state index contributed by atoms with van der Waals surface area (Å²) in [6, 6.07) is 0. The van der Waals surface area contributed by atoms with Gasteiger partial charge in [-0.05, 0) is 0 Å². The number of hydrogen-bond donors (Lipinski definition) is 3. The molecule has 0 heterocycles. The van der Waals surface area contributed by atoms with Crippen LogP contribution in [-0.2, 0) is 14.3 Å². The summed E-state index contributed by atoms with van der Waals surface area (Å²) in [7, 11) is 1.47. The smallest absolute Gasteiger partial charge is 0.403 e. The number of rotatable bonds is 9. The fraction of sp³-hybridized carbons (Fsp3) is 0.800. The third-order valence-corrected chi connectivity index (χ3v) is 2.20. The zero-order valence-electron chi connectivity index (χ0n) is 10.4. The largest absolute Gasteiger partial charge is 0.481 e. The van der Waals surface area contributed by atoms with E-state index in [4.69, 9.17) is 9.84 Å². The number of halogens is 3. The summed E-state index contributed by atoms with van der Waals surface area (Å²) in [6.07, 6.45) is -4.84. The van der Waals surface area contributed by atoms with Crippen LogP contribution in [0.4, 0.5) is 13.2 Å². The first-order valence-corrected chi connectivity index (χ1v) is 5.55. The quantitative estimate of drug-likeness (QED) is 0.519. The van der Waals surface area contributed by atoms with Gasteiger partial charge in [-0.2, -0.15) is 13.2 Å². The van der Waals surface area contributed by atoms with Crippen LogP contribution in [-0.4, -0.2) is 56.5 Å². The average molecular weight is 286 g/mol. The summed E-state index contributed by atoms with van der Waals surface area (Å²) in [5.74, 6) is -4.75. The molecule has 9 heteroatoms. The molecule has 0 aromatic rings. The number of hydrogen-bond acceptors (Lipinski definition) is 4. The number of alkyl halides is 3. The molecule has 3 N–H and O–H groups in total. The van der Waals surface area contributed by atoms with E-state index in [9.17, 15) is 22.8 Å². The maximum absolute atomic E-state index is 12.2. The zero-order chi connectivity index (χ0) is 14.9. The van der Waals surface area contributed by atoms with Crippen LogP contribution in [0.15, 0.2) is 0 Å². The highest BCUT2D eigenvalue weighted by molar-refractivity contribution is 5.76. The third-order valence-electron chi connectivity index (χ3n) is 2.20. The second-order valence-corrected chi connectivity index (χ2v) is 3.73. The van der Waals surface area contributed by atoms with Crippen molar-refractivity contribution in [1.82, 2.24) is 10.6 Å². The molecule has 0 radical (unpaired) electrons. The predicted octanol–water partition coefficient (Wildman–Crippen LogP) is -0.00820. The van der Waals surface area contributed by atoms with Crippen molar-refractivity contribution >= 4 is 11.9 Å². The molecule has 0 aromatic heterocycles. The van der Waals surface area contributed by atoms with Gasteiger partial charge in [0.15, 0.2) is 5.92 Å². The Morgan fingerprint density at radius 1 is 1.32 bits per heavy atom. The fourth-order valence-electron chi connectivity index (χ4n) is 1.17. The Bertz CT molecular complexity index is 297. The zero-order valence-corrected chi connectivity index (χ0v) is 10.4. The number of carboxylic acid groups (broad SMARTS) is 1. The van der Waals surface area contributed by atoms with Crippen molar-refractivity contribution in [3.63, 3.8) is 0 Å². The van der Waals surface area contributed by atoms with E-state index in [0.29, 0.717) is 13.2 Å². The van der Waals surface area contributed by atoms with Crippen LogP contribution in [0.3, 0.4) is 0 Å². The summed E-state index contributed by atoms with van der Waals surface area (Å²) in [6.45, 7) is -0.132. The van der Waals surface area contributed by atoms with E-state index in [1.54, 1.807) is 0 Å². The molecular weight excluding hydrogens is 269 g/mol. The SMILES string of the molecule is COCCNC(=O)CCNCC(C(=O)O)C(F)(F)F. The van der Waals surface area contributed by atoms with E-state index < -0.39 is 24.6 Å². The molecule has 1 atom stereocenters. The first-order valence-electron chi connectivity index (χ1n) is 5.55. The van der Waals surface area contributed by atoms with Crippen molar-refractivity contribution in [2.45, 2.75) is 12.6 Å². The molecule has 0 aliphatic carbocycles. The normalized spacial score (nSPS) is 13.1. The second kappa shape index (κ2) is 8.70. The highest BCUT2D eigenvalue weighted by Gasteiger charge is 2.44. The minimum atomic E-state index is -4.81. The van der Waals surface area contributed by atoms with Crippen LogP contribution >= 0.6 is 0 Å². The lowest BCUT2D eigenvalue weighted by molar-refractivity contribution is -0.192. The van der Waals surface area contributed by atoms with Gasteiger partial charge in [0.05, 0.1) is 6.61 Å². The Hall–Kier alpha value is -1.35. The molecule has 1 unspecified atom stereocenters. The predicted molar refractivity (Wildman–Crippen MR) is 59.6 cm³/mol. The summed E-state index contributed by atoms with van der Waals surface area (Å²) in [4.78, 5) is 21.5. The fourth-order valence-corrected chi connectivity index (χ4v) is 1.17. The molecule has 1 amide bonds. The van der Waals surface area contributed by atoms with E-state index in [0.717, 1.165) is 0 Å². The number of carbonyl (C=O) groups is 2. The van der Waals surface area contributed by atoms with E-state index >= 15 is 0 Å². The molecule has 0 bridgehead atoms.